The monoisotopic (exact) mass is 274 g/mol. The fourth-order valence-corrected chi connectivity index (χ4v) is 1.95. The Hall–Kier alpha value is -2.57. The van der Waals surface area contributed by atoms with Gasteiger partial charge in [-0.1, -0.05) is 0 Å². The smallest absolute Gasteiger partial charge is 0.251 e. The highest BCUT2D eigenvalue weighted by Gasteiger charge is 2.15. The third-order valence-electron chi connectivity index (χ3n) is 2.98. The van der Waals surface area contributed by atoms with Gasteiger partial charge in [-0.2, -0.15) is 5.10 Å². The summed E-state index contributed by atoms with van der Waals surface area (Å²) in [5.41, 5.74) is 0.564. The molecule has 0 atom stereocenters. The number of hydrogen-bond donors (Lipinski definition) is 2. The van der Waals surface area contributed by atoms with Crippen molar-refractivity contribution in [1.82, 2.24) is 20.5 Å². The minimum absolute atomic E-state index is 0.124. The van der Waals surface area contributed by atoms with E-state index in [1.165, 1.54) is 6.33 Å². The van der Waals surface area contributed by atoms with E-state index in [0.29, 0.717) is 23.6 Å². The summed E-state index contributed by atoms with van der Waals surface area (Å²) in [6.45, 7) is 0.783. The molecule has 2 heterocycles. The second kappa shape index (κ2) is 5.60. The second-order valence-corrected chi connectivity index (χ2v) is 4.36. The van der Waals surface area contributed by atoms with E-state index in [9.17, 15) is 4.79 Å². The molecule has 20 heavy (non-hydrogen) atoms. The Kier molecular flexibility index (Phi) is 3.49. The van der Waals surface area contributed by atoms with Gasteiger partial charge < -0.3 is 14.8 Å². The second-order valence-electron chi connectivity index (χ2n) is 4.36. The van der Waals surface area contributed by atoms with Crippen LogP contribution in [0, 0.1) is 0 Å². The third kappa shape index (κ3) is 2.71. The fraction of sp³-hybridized carbons (Fsp3) is 0.308. The van der Waals surface area contributed by atoms with Crippen molar-refractivity contribution in [1.29, 1.82) is 0 Å². The molecule has 1 aromatic carbocycles. The zero-order valence-corrected chi connectivity index (χ0v) is 10.8. The lowest BCUT2D eigenvalue weighted by Crippen LogP contribution is -2.24. The molecule has 0 saturated heterocycles. The summed E-state index contributed by atoms with van der Waals surface area (Å²) in [5, 5.41) is 9.40. The molecule has 0 aliphatic carbocycles. The number of aromatic nitrogens is 3. The number of carbonyl (C=O) groups excluding carboxylic acids is 1. The molecule has 7 heteroatoms. The maximum atomic E-state index is 12.0. The Morgan fingerprint density at radius 3 is 3.10 bits per heavy atom. The normalized spacial score (nSPS) is 12.4. The van der Waals surface area contributed by atoms with E-state index in [1.54, 1.807) is 18.2 Å². The van der Waals surface area contributed by atoms with E-state index in [1.807, 2.05) is 0 Å². The number of aromatic amines is 1. The average Bonchev–Trinajstić information content (AvgIpc) is 3.13. The Balaban J connectivity index is 1.49. The number of hydrogen-bond acceptors (Lipinski definition) is 5. The number of rotatable bonds is 5. The number of carbonyl (C=O) groups is 1. The first-order chi connectivity index (χ1) is 9.83. The van der Waals surface area contributed by atoms with Crippen LogP contribution in [0.4, 0.5) is 0 Å². The molecule has 0 bridgehead atoms. The van der Waals surface area contributed by atoms with Crippen LogP contribution < -0.4 is 14.8 Å². The van der Waals surface area contributed by atoms with E-state index in [-0.39, 0.29) is 12.7 Å². The first kappa shape index (κ1) is 12.5. The van der Waals surface area contributed by atoms with Gasteiger partial charge >= 0.3 is 0 Å². The van der Waals surface area contributed by atoms with Gasteiger partial charge in [0, 0.05) is 18.5 Å². The van der Waals surface area contributed by atoms with Gasteiger partial charge in [0.1, 0.15) is 12.2 Å². The van der Waals surface area contributed by atoms with E-state index in [0.717, 1.165) is 18.7 Å². The summed E-state index contributed by atoms with van der Waals surface area (Å²) in [5.74, 6) is 1.98. The maximum absolute atomic E-state index is 12.0. The molecule has 104 valence electrons. The Morgan fingerprint density at radius 2 is 2.25 bits per heavy atom. The average molecular weight is 274 g/mol. The summed E-state index contributed by atoms with van der Waals surface area (Å²) >= 11 is 0. The van der Waals surface area contributed by atoms with Crippen LogP contribution in [0.2, 0.25) is 0 Å². The van der Waals surface area contributed by atoms with Crippen LogP contribution in [-0.2, 0) is 6.42 Å². The van der Waals surface area contributed by atoms with Crippen molar-refractivity contribution in [2.45, 2.75) is 12.8 Å². The van der Waals surface area contributed by atoms with Crippen molar-refractivity contribution in [3.8, 4) is 11.5 Å². The summed E-state index contributed by atoms with van der Waals surface area (Å²) in [7, 11) is 0. The highest BCUT2D eigenvalue weighted by molar-refractivity contribution is 5.94. The van der Waals surface area contributed by atoms with Gasteiger partial charge in [-0.25, -0.2) is 4.98 Å². The van der Waals surface area contributed by atoms with Crippen LogP contribution in [0.5, 0.6) is 11.5 Å². The van der Waals surface area contributed by atoms with Gasteiger partial charge in [0.25, 0.3) is 5.91 Å². The Morgan fingerprint density at radius 1 is 1.35 bits per heavy atom. The van der Waals surface area contributed by atoms with Gasteiger partial charge in [0.2, 0.25) is 6.79 Å². The Labute approximate surface area is 115 Å². The van der Waals surface area contributed by atoms with Crippen LogP contribution in [-0.4, -0.2) is 34.4 Å². The molecule has 1 aliphatic heterocycles. The molecular formula is C13H14N4O3. The lowest BCUT2D eigenvalue weighted by atomic mass is 10.2. The van der Waals surface area contributed by atoms with Crippen LogP contribution in [0.15, 0.2) is 24.5 Å². The number of nitrogens with zero attached hydrogens (tertiary/aromatic N) is 2. The highest BCUT2D eigenvalue weighted by Crippen LogP contribution is 2.32. The minimum Gasteiger partial charge on any atom is -0.454 e. The lowest BCUT2D eigenvalue weighted by molar-refractivity contribution is 0.0952. The van der Waals surface area contributed by atoms with Gasteiger partial charge in [-0.3, -0.25) is 9.89 Å². The van der Waals surface area contributed by atoms with E-state index in [2.05, 4.69) is 20.5 Å². The van der Waals surface area contributed by atoms with E-state index in [4.69, 9.17) is 9.47 Å². The molecule has 2 N–H and O–H groups in total. The van der Waals surface area contributed by atoms with E-state index >= 15 is 0 Å². The van der Waals surface area contributed by atoms with Crippen molar-refractivity contribution in [2.24, 2.45) is 0 Å². The molecule has 0 spiro atoms. The fourth-order valence-electron chi connectivity index (χ4n) is 1.95. The molecule has 0 fully saturated rings. The van der Waals surface area contributed by atoms with Crippen molar-refractivity contribution >= 4 is 5.91 Å². The first-order valence-corrected chi connectivity index (χ1v) is 6.35. The molecule has 1 aliphatic rings. The van der Waals surface area contributed by atoms with Crippen molar-refractivity contribution in [3.05, 3.63) is 35.9 Å². The predicted molar refractivity (Wildman–Crippen MR) is 69.6 cm³/mol. The number of benzene rings is 1. The number of aryl methyl sites for hydroxylation is 1. The maximum Gasteiger partial charge on any atom is 0.251 e. The van der Waals surface area contributed by atoms with Crippen LogP contribution >= 0.6 is 0 Å². The molecule has 0 radical (unpaired) electrons. The summed E-state index contributed by atoms with van der Waals surface area (Å²) in [6.07, 6.45) is 3.02. The summed E-state index contributed by atoms with van der Waals surface area (Å²) < 4.78 is 10.4. The zero-order valence-electron chi connectivity index (χ0n) is 10.8. The summed E-state index contributed by atoms with van der Waals surface area (Å²) in [4.78, 5) is 16.0. The molecule has 0 unspecified atom stereocenters. The molecular weight excluding hydrogens is 260 g/mol. The highest BCUT2D eigenvalue weighted by atomic mass is 16.7. The summed E-state index contributed by atoms with van der Waals surface area (Å²) in [6, 6.07) is 5.15. The van der Waals surface area contributed by atoms with Gasteiger partial charge in [0.15, 0.2) is 11.5 Å². The minimum atomic E-state index is -0.124. The molecule has 1 aromatic heterocycles. The number of ether oxygens (including phenoxy) is 2. The predicted octanol–water partition coefficient (Wildman–Crippen LogP) is 0.896. The molecule has 1 amide bonds. The van der Waals surface area contributed by atoms with Crippen molar-refractivity contribution in [3.63, 3.8) is 0 Å². The number of nitrogens with one attached hydrogen (secondary N) is 2. The molecule has 2 aromatic rings. The molecule has 3 rings (SSSR count). The Bertz CT molecular complexity index is 598. The van der Waals surface area contributed by atoms with Crippen LogP contribution in [0.3, 0.4) is 0 Å². The molecule has 0 saturated carbocycles. The lowest BCUT2D eigenvalue weighted by Gasteiger charge is -2.05. The van der Waals surface area contributed by atoms with Gasteiger partial charge in [-0.05, 0) is 24.6 Å². The van der Waals surface area contributed by atoms with Gasteiger partial charge in [-0.15, -0.1) is 0 Å². The topological polar surface area (TPSA) is 89.1 Å². The van der Waals surface area contributed by atoms with E-state index < -0.39 is 0 Å². The van der Waals surface area contributed by atoms with Crippen LogP contribution in [0.1, 0.15) is 22.6 Å². The standard InChI is InChI=1S/C13H14N4O3/c18-13(14-5-1-2-12-15-7-16-17-12)9-3-4-10-11(6-9)20-8-19-10/h3-4,6-7H,1-2,5,8H2,(H,14,18)(H,15,16,17). The zero-order chi connectivity index (χ0) is 13.8. The first-order valence-electron chi connectivity index (χ1n) is 6.35. The third-order valence-corrected chi connectivity index (χ3v) is 2.98. The number of H-pyrrole nitrogens is 1. The molecule has 7 nitrogen and oxygen atoms in total. The van der Waals surface area contributed by atoms with Crippen LogP contribution in [0.25, 0.3) is 0 Å². The van der Waals surface area contributed by atoms with Crippen molar-refractivity contribution < 1.29 is 14.3 Å². The number of amides is 1. The number of fused-ring (bicyclic) bond motifs is 1. The van der Waals surface area contributed by atoms with Crippen molar-refractivity contribution in [2.75, 3.05) is 13.3 Å². The van der Waals surface area contributed by atoms with Gasteiger partial charge in [0.05, 0.1) is 0 Å². The quantitative estimate of drug-likeness (QED) is 0.791. The largest absolute Gasteiger partial charge is 0.454 e. The SMILES string of the molecule is O=C(NCCCc1ncn[nH]1)c1ccc2c(c1)OCO2.